The zero-order valence-corrected chi connectivity index (χ0v) is 6.83. The van der Waals surface area contributed by atoms with Crippen LogP contribution < -0.4 is 11.1 Å². The molecule has 5 nitrogen and oxygen atoms in total. The van der Waals surface area contributed by atoms with Crippen molar-refractivity contribution in [3.63, 3.8) is 0 Å². The van der Waals surface area contributed by atoms with Crippen molar-refractivity contribution in [2.45, 2.75) is 13.3 Å². The van der Waals surface area contributed by atoms with Crippen LogP contribution in [0.4, 0.5) is 0 Å². The number of nitrogens with two attached hydrogens (primary N) is 1. The summed E-state index contributed by atoms with van der Waals surface area (Å²) in [6.07, 6.45) is 1.56. The summed E-state index contributed by atoms with van der Waals surface area (Å²) < 4.78 is 0. The van der Waals surface area contributed by atoms with Crippen LogP contribution in [0.25, 0.3) is 0 Å². The third-order valence-electron chi connectivity index (χ3n) is 1.10. The van der Waals surface area contributed by atoms with E-state index in [1.54, 1.807) is 0 Å². The summed E-state index contributed by atoms with van der Waals surface area (Å²) in [5.74, 6) is -1.95. The Balaban J connectivity index is 4.23. The van der Waals surface area contributed by atoms with Gasteiger partial charge in [0.1, 0.15) is 5.70 Å². The van der Waals surface area contributed by atoms with Crippen molar-refractivity contribution >= 4 is 11.9 Å². The van der Waals surface area contributed by atoms with E-state index in [0.717, 1.165) is 12.5 Å². The first-order valence-electron chi connectivity index (χ1n) is 3.56. The fraction of sp³-hybridized carbons (Fsp3) is 0.429. The van der Waals surface area contributed by atoms with Gasteiger partial charge in [0.25, 0.3) is 5.91 Å². The molecule has 0 aliphatic rings. The molecule has 4 N–H and O–H groups in total. The number of amides is 1. The van der Waals surface area contributed by atoms with Crippen molar-refractivity contribution in [1.82, 2.24) is 5.32 Å². The third-order valence-corrected chi connectivity index (χ3v) is 1.10. The molecule has 68 valence electrons. The van der Waals surface area contributed by atoms with Gasteiger partial charge >= 0.3 is 5.97 Å². The number of primary amides is 1. The minimum atomic E-state index is -1.19. The highest BCUT2D eigenvalue weighted by molar-refractivity contribution is 5.97. The SMILES string of the molecule is CCCN/C(=C/C(=O)O)C(N)=O. The lowest BCUT2D eigenvalue weighted by Gasteiger charge is -2.03. The summed E-state index contributed by atoms with van der Waals surface area (Å²) in [6.45, 7) is 2.43. The Morgan fingerprint density at radius 3 is 2.50 bits per heavy atom. The highest BCUT2D eigenvalue weighted by Crippen LogP contribution is 1.87. The van der Waals surface area contributed by atoms with E-state index >= 15 is 0 Å². The topological polar surface area (TPSA) is 92.4 Å². The van der Waals surface area contributed by atoms with Gasteiger partial charge < -0.3 is 16.2 Å². The number of rotatable bonds is 5. The Morgan fingerprint density at radius 1 is 1.58 bits per heavy atom. The van der Waals surface area contributed by atoms with Crippen molar-refractivity contribution in [3.05, 3.63) is 11.8 Å². The van der Waals surface area contributed by atoms with Crippen LogP contribution in [0, 0.1) is 0 Å². The van der Waals surface area contributed by atoms with Crippen LogP contribution in [0.1, 0.15) is 13.3 Å². The van der Waals surface area contributed by atoms with Crippen LogP contribution in [0.3, 0.4) is 0 Å². The maximum atomic E-state index is 10.6. The summed E-state index contributed by atoms with van der Waals surface area (Å²) >= 11 is 0. The van der Waals surface area contributed by atoms with Crippen molar-refractivity contribution in [1.29, 1.82) is 0 Å². The van der Waals surface area contributed by atoms with Crippen LogP contribution in [-0.4, -0.2) is 23.5 Å². The smallest absolute Gasteiger partial charge is 0.330 e. The molecule has 5 heteroatoms. The van der Waals surface area contributed by atoms with E-state index in [2.05, 4.69) is 5.32 Å². The lowest BCUT2D eigenvalue weighted by atomic mass is 10.3. The van der Waals surface area contributed by atoms with E-state index in [-0.39, 0.29) is 5.70 Å². The lowest BCUT2D eigenvalue weighted by molar-refractivity contribution is -0.131. The Kier molecular flexibility index (Phi) is 4.52. The van der Waals surface area contributed by atoms with E-state index in [0.29, 0.717) is 6.54 Å². The Hall–Kier alpha value is -1.52. The number of carboxylic acid groups (broad SMARTS) is 1. The molecule has 0 spiro atoms. The fourth-order valence-corrected chi connectivity index (χ4v) is 0.592. The molecule has 0 aliphatic heterocycles. The number of hydrogen-bond donors (Lipinski definition) is 3. The molecule has 0 bridgehead atoms. The van der Waals surface area contributed by atoms with Crippen LogP contribution in [0.15, 0.2) is 11.8 Å². The average molecular weight is 172 g/mol. The Labute approximate surface area is 70.2 Å². The number of nitrogens with one attached hydrogen (secondary N) is 1. The molecular weight excluding hydrogens is 160 g/mol. The molecule has 0 aliphatic carbocycles. The zero-order chi connectivity index (χ0) is 9.56. The van der Waals surface area contributed by atoms with Gasteiger partial charge in [-0.25, -0.2) is 4.79 Å². The maximum absolute atomic E-state index is 10.6. The van der Waals surface area contributed by atoms with Gasteiger partial charge in [-0.2, -0.15) is 0 Å². The van der Waals surface area contributed by atoms with E-state index < -0.39 is 11.9 Å². The quantitative estimate of drug-likeness (QED) is 0.484. The molecule has 0 aromatic heterocycles. The van der Waals surface area contributed by atoms with Crippen LogP contribution in [0.2, 0.25) is 0 Å². The number of hydrogen-bond acceptors (Lipinski definition) is 3. The van der Waals surface area contributed by atoms with Gasteiger partial charge in [-0.3, -0.25) is 4.79 Å². The van der Waals surface area contributed by atoms with Crippen molar-refractivity contribution < 1.29 is 14.7 Å². The zero-order valence-electron chi connectivity index (χ0n) is 6.83. The van der Waals surface area contributed by atoms with Gasteiger partial charge in [0, 0.05) is 6.54 Å². The monoisotopic (exact) mass is 172 g/mol. The molecular formula is C7H12N2O3. The molecule has 0 aromatic rings. The highest BCUT2D eigenvalue weighted by Gasteiger charge is 2.04. The number of aliphatic carboxylic acids is 1. The minimum absolute atomic E-state index is 0.0654. The van der Waals surface area contributed by atoms with Gasteiger partial charge in [0.15, 0.2) is 0 Å². The van der Waals surface area contributed by atoms with Crippen molar-refractivity contribution in [2.24, 2.45) is 5.73 Å². The molecule has 0 fully saturated rings. The first-order chi connectivity index (χ1) is 5.57. The van der Waals surface area contributed by atoms with Crippen molar-refractivity contribution in [2.75, 3.05) is 6.54 Å². The van der Waals surface area contributed by atoms with Crippen molar-refractivity contribution in [3.8, 4) is 0 Å². The fourth-order valence-electron chi connectivity index (χ4n) is 0.592. The molecule has 1 amide bonds. The van der Waals surface area contributed by atoms with E-state index in [9.17, 15) is 9.59 Å². The predicted molar refractivity (Wildman–Crippen MR) is 43.2 cm³/mol. The molecule has 0 atom stereocenters. The van der Waals surface area contributed by atoms with Crippen LogP contribution in [0.5, 0.6) is 0 Å². The summed E-state index contributed by atoms with van der Waals surface area (Å²) in [6, 6.07) is 0. The summed E-state index contributed by atoms with van der Waals surface area (Å²) in [5, 5.41) is 10.9. The molecule has 0 unspecified atom stereocenters. The highest BCUT2D eigenvalue weighted by atomic mass is 16.4. The molecule has 0 saturated heterocycles. The summed E-state index contributed by atoms with van der Waals surface area (Å²) in [4.78, 5) is 20.7. The molecule has 0 radical (unpaired) electrons. The third kappa shape index (κ3) is 4.32. The van der Waals surface area contributed by atoms with Crippen LogP contribution in [-0.2, 0) is 9.59 Å². The van der Waals surface area contributed by atoms with E-state index in [1.807, 2.05) is 6.92 Å². The predicted octanol–water partition coefficient (Wildman–Crippen LogP) is -0.560. The largest absolute Gasteiger partial charge is 0.478 e. The van der Waals surface area contributed by atoms with Gasteiger partial charge in [-0.1, -0.05) is 6.92 Å². The molecule has 0 aromatic carbocycles. The minimum Gasteiger partial charge on any atom is -0.478 e. The average Bonchev–Trinajstić information content (AvgIpc) is 1.96. The second-order valence-corrected chi connectivity index (χ2v) is 2.19. The Morgan fingerprint density at radius 2 is 2.17 bits per heavy atom. The molecule has 0 heterocycles. The van der Waals surface area contributed by atoms with Gasteiger partial charge in [-0.15, -0.1) is 0 Å². The normalized spacial score (nSPS) is 10.9. The van der Waals surface area contributed by atoms with Gasteiger partial charge in [0.2, 0.25) is 0 Å². The Bertz CT molecular complexity index is 211. The number of carbonyl (C=O) groups excluding carboxylic acids is 1. The lowest BCUT2D eigenvalue weighted by Crippen LogP contribution is -2.27. The first kappa shape index (κ1) is 10.5. The second kappa shape index (κ2) is 5.17. The number of carboxylic acids is 1. The first-order valence-corrected chi connectivity index (χ1v) is 3.56. The van der Waals surface area contributed by atoms with E-state index in [1.165, 1.54) is 0 Å². The number of carbonyl (C=O) groups is 2. The maximum Gasteiger partial charge on any atom is 0.330 e. The molecule has 12 heavy (non-hydrogen) atoms. The van der Waals surface area contributed by atoms with Gasteiger partial charge in [0.05, 0.1) is 6.08 Å². The van der Waals surface area contributed by atoms with E-state index in [4.69, 9.17) is 10.8 Å². The summed E-state index contributed by atoms with van der Waals surface area (Å²) in [5.41, 5.74) is 4.83. The molecule has 0 saturated carbocycles. The standard InChI is InChI=1S/C7H12N2O3/c1-2-3-9-5(7(8)12)4-6(10)11/h4,9H,2-3H2,1H3,(H2,8,12)(H,10,11)/b5-4+. The summed E-state index contributed by atoms with van der Waals surface area (Å²) in [7, 11) is 0. The van der Waals surface area contributed by atoms with Gasteiger partial charge in [-0.05, 0) is 6.42 Å². The van der Waals surface area contributed by atoms with Crippen LogP contribution >= 0.6 is 0 Å². The second-order valence-electron chi connectivity index (χ2n) is 2.19. The molecule has 0 rings (SSSR count).